The van der Waals surface area contributed by atoms with Crippen molar-refractivity contribution in [2.24, 2.45) is 5.92 Å². The van der Waals surface area contributed by atoms with Gasteiger partial charge in [-0.05, 0) is 44.9 Å². The van der Waals surface area contributed by atoms with Gasteiger partial charge in [-0.1, -0.05) is 0 Å². The van der Waals surface area contributed by atoms with Crippen molar-refractivity contribution in [2.75, 3.05) is 13.7 Å². The summed E-state index contributed by atoms with van der Waals surface area (Å²) in [5.41, 5.74) is 0. The Hall–Kier alpha value is -0.610. The Labute approximate surface area is 109 Å². The van der Waals surface area contributed by atoms with E-state index in [2.05, 4.69) is 11.8 Å². The first kappa shape index (κ1) is 13.8. The second-order valence-electron chi connectivity index (χ2n) is 5.90. The number of methoxy groups -OCH3 is 1. The Bertz CT molecular complexity index is 281. The smallest absolute Gasteiger partial charge is 0.303 e. The standard InChI is InChI=1S/C14H25NO3/c1-10(5-6-18-2)15-12-3-4-13(15)8-11(7-12)9-14(16)17/h10-13H,3-9H2,1-2H3,(H,16,17). The number of aliphatic carboxylic acids is 1. The quantitative estimate of drug-likeness (QED) is 0.790. The van der Waals surface area contributed by atoms with Crippen molar-refractivity contribution < 1.29 is 14.6 Å². The molecular formula is C14H25NO3. The van der Waals surface area contributed by atoms with Crippen molar-refractivity contribution in [3.63, 3.8) is 0 Å². The van der Waals surface area contributed by atoms with E-state index in [1.54, 1.807) is 7.11 Å². The second kappa shape index (κ2) is 6.02. The van der Waals surface area contributed by atoms with Crippen LogP contribution in [-0.2, 0) is 9.53 Å². The SMILES string of the molecule is COCCC(C)N1C2CCC1CC(CC(=O)O)C2. The minimum Gasteiger partial charge on any atom is -0.481 e. The second-order valence-corrected chi connectivity index (χ2v) is 5.90. The van der Waals surface area contributed by atoms with E-state index in [4.69, 9.17) is 9.84 Å². The van der Waals surface area contributed by atoms with Gasteiger partial charge in [0.2, 0.25) is 0 Å². The molecule has 0 aromatic rings. The van der Waals surface area contributed by atoms with Crippen LogP contribution in [-0.4, -0.2) is 47.8 Å². The largest absolute Gasteiger partial charge is 0.481 e. The van der Waals surface area contributed by atoms with Crippen LogP contribution in [0.3, 0.4) is 0 Å². The van der Waals surface area contributed by atoms with Crippen LogP contribution in [0.1, 0.15) is 45.4 Å². The van der Waals surface area contributed by atoms with Crippen molar-refractivity contribution in [2.45, 2.75) is 63.6 Å². The van der Waals surface area contributed by atoms with Crippen molar-refractivity contribution in [3.8, 4) is 0 Å². The Morgan fingerprint density at radius 3 is 2.50 bits per heavy atom. The molecule has 2 aliphatic heterocycles. The first-order chi connectivity index (χ1) is 8.61. The van der Waals surface area contributed by atoms with Crippen LogP contribution in [0.5, 0.6) is 0 Å². The summed E-state index contributed by atoms with van der Waals surface area (Å²) in [6.45, 7) is 3.09. The number of hydrogen-bond acceptors (Lipinski definition) is 3. The lowest BCUT2D eigenvalue weighted by Gasteiger charge is -2.42. The van der Waals surface area contributed by atoms with Gasteiger partial charge in [0.05, 0.1) is 0 Å². The van der Waals surface area contributed by atoms with Crippen molar-refractivity contribution in [1.82, 2.24) is 4.90 Å². The minimum atomic E-state index is -0.639. The van der Waals surface area contributed by atoms with Crippen molar-refractivity contribution >= 4 is 5.97 Å². The Morgan fingerprint density at radius 1 is 1.39 bits per heavy atom. The highest BCUT2D eigenvalue weighted by molar-refractivity contribution is 5.67. The van der Waals surface area contributed by atoms with Gasteiger partial charge in [0.1, 0.15) is 0 Å². The number of hydrogen-bond donors (Lipinski definition) is 1. The van der Waals surface area contributed by atoms with E-state index in [1.807, 2.05) is 0 Å². The van der Waals surface area contributed by atoms with E-state index < -0.39 is 5.97 Å². The van der Waals surface area contributed by atoms with Gasteiger partial charge in [0, 0.05) is 38.3 Å². The number of piperidine rings is 1. The van der Waals surface area contributed by atoms with E-state index >= 15 is 0 Å². The lowest BCUT2D eigenvalue weighted by molar-refractivity contribution is -0.138. The molecule has 2 fully saturated rings. The summed E-state index contributed by atoms with van der Waals surface area (Å²) in [6, 6.07) is 1.79. The van der Waals surface area contributed by atoms with E-state index in [0.29, 0.717) is 30.5 Å². The van der Waals surface area contributed by atoms with E-state index in [0.717, 1.165) is 25.9 Å². The van der Waals surface area contributed by atoms with Gasteiger partial charge in [-0.25, -0.2) is 0 Å². The van der Waals surface area contributed by atoms with Crippen LogP contribution < -0.4 is 0 Å². The molecule has 2 rings (SSSR count). The minimum absolute atomic E-state index is 0.354. The number of rotatable bonds is 6. The molecule has 0 aromatic heterocycles. The zero-order chi connectivity index (χ0) is 13.1. The number of carboxylic acids is 1. The summed E-state index contributed by atoms with van der Waals surface area (Å²) in [7, 11) is 1.75. The average molecular weight is 255 g/mol. The summed E-state index contributed by atoms with van der Waals surface area (Å²) in [5.74, 6) is -0.244. The van der Waals surface area contributed by atoms with Crippen LogP contribution in [0, 0.1) is 5.92 Å². The number of nitrogens with zero attached hydrogens (tertiary/aromatic N) is 1. The van der Waals surface area contributed by atoms with Gasteiger partial charge >= 0.3 is 5.97 Å². The van der Waals surface area contributed by atoms with Gasteiger partial charge in [-0.3, -0.25) is 9.69 Å². The van der Waals surface area contributed by atoms with Gasteiger partial charge < -0.3 is 9.84 Å². The van der Waals surface area contributed by atoms with Crippen molar-refractivity contribution in [3.05, 3.63) is 0 Å². The maximum Gasteiger partial charge on any atom is 0.303 e. The molecule has 0 saturated carbocycles. The summed E-state index contributed by atoms with van der Waals surface area (Å²) >= 11 is 0. The van der Waals surface area contributed by atoms with E-state index in [-0.39, 0.29) is 0 Å². The summed E-state index contributed by atoms with van der Waals surface area (Å²) in [6.07, 6.45) is 6.07. The molecule has 2 heterocycles. The molecule has 2 aliphatic rings. The first-order valence-electron chi connectivity index (χ1n) is 7.10. The third kappa shape index (κ3) is 3.04. The molecule has 0 radical (unpaired) electrons. The molecule has 3 unspecified atom stereocenters. The molecular weight excluding hydrogens is 230 g/mol. The first-order valence-corrected chi connectivity index (χ1v) is 7.10. The molecule has 0 aromatic carbocycles. The third-order valence-corrected chi connectivity index (χ3v) is 4.60. The number of carboxylic acid groups (broad SMARTS) is 1. The molecule has 1 N–H and O–H groups in total. The number of ether oxygens (including phenoxy) is 1. The van der Waals surface area contributed by atoms with E-state index in [9.17, 15) is 4.79 Å². The molecule has 18 heavy (non-hydrogen) atoms. The molecule has 0 spiro atoms. The topological polar surface area (TPSA) is 49.8 Å². The molecule has 104 valence electrons. The number of carbonyl (C=O) groups is 1. The van der Waals surface area contributed by atoms with Crippen LogP contribution in [0.25, 0.3) is 0 Å². The fraction of sp³-hybridized carbons (Fsp3) is 0.929. The summed E-state index contributed by atoms with van der Waals surface area (Å²) < 4.78 is 5.16. The fourth-order valence-corrected chi connectivity index (χ4v) is 3.90. The zero-order valence-corrected chi connectivity index (χ0v) is 11.5. The molecule has 2 saturated heterocycles. The highest BCUT2D eigenvalue weighted by Gasteiger charge is 2.42. The summed E-state index contributed by atoms with van der Waals surface area (Å²) in [4.78, 5) is 13.5. The fourth-order valence-electron chi connectivity index (χ4n) is 3.90. The monoisotopic (exact) mass is 255 g/mol. The van der Waals surface area contributed by atoms with Gasteiger partial charge in [0.15, 0.2) is 0 Å². The summed E-state index contributed by atoms with van der Waals surface area (Å²) in [5, 5.41) is 8.92. The maximum absolute atomic E-state index is 10.8. The Balaban J connectivity index is 1.91. The molecule has 2 bridgehead atoms. The zero-order valence-electron chi connectivity index (χ0n) is 11.5. The van der Waals surface area contributed by atoms with Crippen molar-refractivity contribution in [1.29, 1.82) is 0 Å². The highest BCUT2D eigenvalue weighted by atomic mass is 16.5. The molecule has 0 amide bonds. The predicted molar refractivity (Wildman–Crippen MR) is 69.6 cm³/mol. The lowest BCUT2D eigenvalue weighted by Crippen LogP contribution is -2.48. The van der Waals surface area contributed by atoms with Crippen LogP contribution >= 0.6 is 0 Å². The van der Waals surface area contributed by atoms with E-state index in [1.165, 1.54) is 12.8 Å². The van der Waals surface area contributed by atoms with Crippen LogP contribution in [0.2, 0.25) is 0 Å². The van der Waals surface area contributed by atoms with Crippen LogP contribution in [0.15, 0.2) is 0 Å². The lowest BCUT2D eigenvalue weighted by atomic mass is 9.87. The predicted octanol–water partition coefficient (Wildman–Crippen LogP) is 2.13. The van der Waals surface area contributed by atoms with Gasteiger partial charge in [0.25, 0.3) is 0 Å². The molecule has 4 heteroatoms. The molecule has 0 aliphatic carbocycles. The molecule has 3 atom stereocenters. The highest BCUT2D eigenvalue weighted by Crippen LogP contribution is 2.41. The molecule has 4 nitrogen and oxygen atoms in total. The number of fused-ring (bicyclic) bond motifs is 2. The Kier molecular flexibility index (Phi) is 4.62. The third-order valence-electron chi connectivity index (χ3n) is 4.60. The van der Waals surface area contributed by atoms with Gasteiger partial charge in [-0.2, -0.15) is 0 Å². The van der Waals surface area contributed by atoms with Crippen LogP contribution in [0.4, 0.5) is 0 Å². The Morgan fingerprint density at radius 2 is 2.00 bits per heavy atom. The normalized spacial score (nSPS) is 33.6. The van der Waals surface area contributed by atoms with Gasteiger partial charge in [-0.15, -0.1) is 0 Å². The average Bonchev–Trinajstić information content (AvgIpc) is 2.57. The maximum atomic E-state index is 10.8.